The Balaban J connectivity index is 2.11. The maximum absolute atomic E-state index is 6.06. The number of halogens is 1. The molecule has 3 rings (SSSR count). The van der Waals surface area contributed by atoms with Crippen molar-refractivity contribution in [2.45, 2.75) is 12.8 Å². The first-order chi connectivity index (χ1) is 9.69. The van der Waals surface area contributed by atoms with Gasteiger partial charge in [-0.1, -0.05) is 41.9 Å². The number of hydrogen-bond acceptors (Lipinski definition) is 3. The molecular weight excluding hydrogens is 272 g/mol. The molecule has 0 aliphatic heterocycles. The van der Waals surface area contributed by atoms with Crippen molar-refractivity contribution in [2.75, 3.05) is 6.54 Å². The van der Waals surface area contributed by atoms with Crippen molar-refractivity contribution < 1.29 is 4.42 Å². The van der Waals surface area contributed by atoms with E-state index in [9.17, 15) is 0 Å². The zero-order valence-corrected chi connectivity index (χ0v) is 11.9. The molecule has 0 amide bonds. The summed E-state index contributed by atoms with van der Waals surface area (Å²) in [5.74, 6) is 0.598. The van der Waals surface area contributed by atoms with Crippen molar-refractivity contribution in [1.82, 2.24) is 4.98 Å². The Kier molecular flexibility index (Phi) is 3.47. The molecule has 0 saturated heterocycles. The largest absolute Gasteiger partial charge is 0.440 e. The van der Waals surface area contributed by atoms with Crippen LogP contribution < -0.4 is 5.73 Å². The van der Waals surface area contributed by atoms with Gasteiger partial charge < -0.3 is 10.2 Å². The monoisotopic (exact) mass is 286 g/mol. The Bertz CT molecular complexity index is 737. The number of oxazole rings is 1. The van der Waals surface area contributed by atoms with E-state index in [2.05, 4.69) is 4.98 Å². The summed E-state index contributed by atoms with van der Waals surface area (Å²) in [6.45, 7) is 2.41. The molecule has 0 spiro atoms. The number of nitrogens with zero attached hydrogens (tertiary/aromatic N) is 1. The highest BCUT2D eigenvalue weighted by Gasteiger charge is 2.19. The van der Waals surface area contributed by atoms with Crippen LogP contribution in [-0.2, 0) is 0 Å². The van der Waals surface area contributed by atoms with Gasteiger partial charge in [-0.2, -0.15) is 0 Å². The molecule has 0 bridgehead atoms. The highest BCUT2D eigenvalue weighted by atomic mass is 35.5. The second-order valence-corrected chi connectivity index (χ2v) is 5.26. The fourth-order valence-corrected chi connectivity index (χ4v) is 2.66. The van der Waals surface area contributed by atoms with Crippen molar-refractivity contribution >= 4 is 22.7 Å². The average Bonchev–Trinajstić information content (AvgIpc) is 2.84. The van der Waals surface area contributed by atoms with Gasteiger partial charge in [-0.25, -0.2) is 4.98 Å². The number of aryl methyl sites for hydroxylation is 1. The summed E-state index contributed by atoms with van der Waals surface area (Å²) in [6.07, 6.45) is 0. The van der Waals surface area contributed by atoms with Gasteiger partial charge in [0.25, 0.3) is 0 Å². The van der Waals surface area contributed by atoms with Crippen LogP contribution in [0.1, 0.15) is 22.9 Å². The molecule has 1 aromatic heterocycles. The highest BCUT2D eigenvalue weighted by Crippen LogP contribution is 2.29. The predicted octanol–water partition coefficient (Wildman–Crippen LogP) is 3.88. The van der Waals surface area contributed by atoms with Gasteiger partial charge in [0.15, 0.2) is 5.58 Å². The predicted molar refractivity (Wildman–Crippen MR) is 81.1 cm³/mol. The van der Waals surface area contributed by atoms with Crippen molar-refractivity contribution in [3.8, 4) is 0 Å². The minimum atomic E-state index is -0.0400. The SMILES string of the molecule is Cc1cc(Cl)cc2nc(C(CN)c3ccccc3)oc12. The summed E-state index contributed by atoms with van der Waals surface area (Å²) in [6, 6.07) is 13.7. The van der Waals surface area contributed by atoms with E-state index in [0.29, 0.717) is 17.5 Å². The van der Waals surface area contributed by atoms with E-state index >= 15 is 0 Å². The summed E-state index contributed by atoms with van der Waals surface area (Å²) in [5, 5.41) is 0.666. The standard InChI is InChI=1S/C16H15ClN2O/c1-10-7-12(17)8-14-15(10)20-16(19-14)13(9-18)11-5-3-2-4-6-11/h2-8,13H,9,18H2,1H3. The van der Waals surface area contributed by atoms with Crippen LogP contribution in [0, 0.1) is 6.92 Å². The van der Waals surface area contributed by atoms with Crippen LogP contribution in [0.5, 0.6) is 0 Å². The number of hydrogen-bond donors (Lipinski definition) is 1. The van der Waals surface area contributed by atoms with Crippen LogP contribution in [-0.4, -0.2) is 11.5 Å². The quantitative estimate of drug-likeness (QED) is 0.795. The molecule has 2 N–H and O–H groups in total. The van der Waals surface area contributed by atoms with Crippen molar-refractivity contribution in [2.24, 2.45) is 5.73 Å². The van der Waals surface area contributed by atoms with Gasteiger partial charge in [-0.05, 0) is 30.2 Å². The van der Waals surface area contributed by atoms with Crippen LogP contribution in [0.2, 0.25) is 5.02 Å². The van der Waals surface area contributed by atoms with E-state index in [1.54, 1.807) is 0 Å². The van der Waals surface area contributed by atoms with Crippen LogP contribution >= 0.6 is 11.6 Å². The molecule has 0 aliphatic rings. The third kappa shape index (κ3) is 2.30. The summed E-state index contributed by atoms with van der Waals surface area (Å²) in [4.78, 5) is 4.55. The second kappa shape index (κ2) is 5.27. The number of fused-ring (bicyclic) bond motifs is 1. The number of nitrogens with two attached hydrogens (primary N) is 1. The Labute approximate surface area is 122 Å². The third-order valence-electron chi connectivity index (χ3n) is 3.39. The van der Waals surface area contributed by atoms with E-state index in [0.717, 1.165) is 22.2 Å². The molecule has 3 nitrogen and oxygen atoms in total. The van der Waals surface area contributed by atoms with Gasteiger partial charge in [0, 0.05) is 11.6 Å². The Hall–Kier alpha value is -1.84. The van der Waals surface area contributed by atoms with Crippen molar-refractivity contribution in [3.63, 3.8) is 0 Å². The fraction of sp³-hybridized carbons (Fsp3) is 0.188. The first-order valence-electron chi connectivity index (χ1n) is 6.50. The third-order valence-corrected chi connectivity index (χ3v) is 3.61. The molecule has 1 atom stereocenters. The van der Waals surface area contributed by atoms with E-state index in [1.165, 1.54) is 0 Å². The highest BCUT2D eigenvalue weighted by molar-refractivity contribution is 6.31. The molecule has 3 aromatic rings. The first kappa shape index (κ1) is 13.2. The van der Waals surface area contributed by atoms with Crippen molar-refractivity contribution in [1.29, 1.82) is 0 Å². The number of aromatic nitrogens is 1. The lowest BCUT2D eigenvalue weighted by Gasteiger charge is -2.10. The molecule has 102 valence electrons. The molecule has 1 unspecified atom stereocenters. The minimum Gasteiger partial charge on any atom is -0.440 e. The molecule has 0 aliphatic carbocycles. The zero-order valence-electron chi connectivity index (χ0n) is 11.1. The Morgan fingerprint density at radius 3 is 2.70 bits per heavy atom. The van der Waals surface area contributed by atoms with E-state index < -0.39 is 0 Å². The Morgan fingerprint density at radius 1 is 1.25 bits per heavy atom. The lowest BCUT2D eigenvalue weighted by Crippen LogP contribution is -2.14. The normalized spacial score (nSPS) is 12.8. The Morgan fingerprint density at radius 2 is 2.00 bits per heavy atom. The zero-order chi connectivity index (χ0) is 14.1. The van der Waals surface area contributed by atoms with Gasteiger partial charge in [0.2, 0.25) is 5.89 Å². The van der Waals surface area contributed by atoms with Crippen molar-refractivity contribution in [3.05, 3.63) is 64.5 Å². The molecule has 1 heterocycles. The van der Waals surface area contributed by atoms with Gasteiger partial charge in [-0.15, -0.1) is 0 Å². The fourth-order valence-electron chi connectivity index (χ4n) is 2.39. The van der Waals surface area contributed by atoms with E-state index in [1.807, 2.05) is 49.4 Å². The van der Waals surface area contributed by atoms with Crippen LogP contribution in [0.4, 0.5) is 0 Å². The lowest BCUT2D eigenvalue weighted by atomic mass is 9.99. The first-order valence-corrected chi connectivity index (χ1v) is 6.88. The van der Waals surface area contributed by atoms with Crippen LogP contribution in [0.25, 0.3) is 11.1 Å². The summed E-state index contributed by atoms with van der Waals surface area (Å²) in [5.41, 5.74) is 9.54. The average molecular weight is 287 g/mol. The van der Waals surface area contributed by atoms with E-state index in [-0.39, 0.29) is 5.92 Å². The van der Waals surface area contributed by atoms with Gasteiger partial charge in [0.1, 0.15) is 5.52 Å². The molecule has 0 fully saturated rings. The molecule has 20 heavy (non-hydrogen) atoms. The summed E-state index contributed by atoms with van der Waals surface area (Å²) >= 11 is 6.06. The molecule has 0 saturated carbocycles. The summed E-state index contributed by atoms with van der Waals surface area (Å²) < 4.78 is 5.91. The van der Waals surface area contributed by atoms with Gasteiger partial charge >= 0.3 is 0 Å². The number of rotatable bonds is 3. The summed E-state index contributed by atoms with van der Waals surface area (Å²) in [7, 11) is 0. The van der Waals surface area contributed by atoms with Gasteiger partial charge in [0.05, 0.1) is 5.92 Å². The van der Waals surface area contributed by atoms with Gasteiger partial charge in [-0.3, -0.25) is 0 Å². The van der Waals surface area contributed by atoms with Crippen LogP contribution in [0.15, 0.2) is 46.9 Å². The molecule has 0 radical (unpaired) electrons. The minimum absolute atomic E-state index is 0.0400. The maximum Gasteiger partial charge on any atom is 0.204 e. The molecule has 2 aromatic carbocycles. The lowest BCUT2D eigenvalue weighted by molar-refractivity contribution is 0.501. The van der Waals surface area contributed by atoms with Crippen LogP contribution in [0.3, 0.4) is 0 Å². The topological polar surface area (TPSA) is 52.0 Å². The maximum atomic E-state index is 6.06. The second-order valence-electron chi connectivity index (χ2n) is 4.82. The molecule has 4 heteroatoms. The smallest absolute Gasteiger partial charge is 0.204 e. The number of benzene rings is 2. The van der Waals surface area contributed by atoms with E-state index in [4.69, 9.17) is 21.8 Å². The molecular formula is C16H15ClN2O.